The summed E-state index contributed by atoms with van der Waals surface area (Å²) in [7, 11) is 0. The summed E-state index contributed by atoms with van der Waals surface area (Å²) in [5, 5.41) is 13.4. The van der Waals surface area contributed by atoms with Gasteiger partial charge in [0.1, 0.15) is 11.6 Å². The predicted molar refractivity (Wildman–Crippen MR) is 79.2 cm³/mol. The molecule has 2 rings (SSSR count). The monoisotopic (exact) mass is 280 g/mol. The first-order chi connectivity index (χ1) is 9.54. The highest BCUT2D eigenvalue weighted by Gasteiger charge is 2.19. The van der Waals surface area contributed by atoms with Crippen molar-refractivity contribution in [3.63, 3.8) is 0 Å². The van der Waals surface area contributed by atoms with Crippen LogP contribution in [0.3, 0.4) is 0 Å². The summed E-state index contributed by atoms with van der Waals surface area (Å²) in [5.41, 5.74) is 0.670. The number of hydrogen-bond acceptors (Lipinski definition) is 3. The fourth-order valence-corrected chi connectivity index (χ4v) is 2.87. The molecular formula is C16H25FN2O. The molecule has 3 nitrogen and oxygen atoms in total. The Hall–Kier alpha value is -1.13. The van der Waals surface area contributed by atoms with Gasteiger partial charge in [-0.2, -0.15) is 0 Å². The van der Waals surface area contributed by atoms with Crippen LogP contribution < -0.4 is 5.32 Å². The summed E-state index contributed by atoms with van der Waals surface area (Å²) < 4.78 is 13.3. The normalized spacial score (nSPS) is 19.1. The summed E-state index contributed by atoms with van der Waals surface area (Å²) in [5.74, 6) is 0.438. The van der Waals surface area contributed by atoms with Crippen LogP contribution in [0, 0.1) is 11.7 Å². The number of benzene rings is 1. The quantitative estimate of drug-likeness (QED) is 0.841. The van der Waals surface area contributed by atoms with Crippen LogP contribution in [-0.4, -0.2) is 35.7 Å². The standard InChI is InChI=1S/C16H25FN2O/c1-12(2)9-19(11-15-4-3-7-18-15)10-13-8-14(17)5-6-16(13)20/h5-6,8,12,15,18,20H,3-4,7,9-11H2,1-2H3. The maximum absolute atomic E-state index is 13.3. The van der Waals surface area contributed by atoms with E-state index >= 15 is 0 Å². The van der Waals surface area contributed by atoms with Crippen molar-refractivity contribution in [3.8, 4) is 5.75 Å². The first-order valence-electron chi connectivity index (χ1n) is 7.47. The van der Waals surface area contributed by atoms with Crippen molar-refractivity contribution in [2.45, 2.75) is 39.3 Å². The zero-order valence-corrected chi connectivity index (χ0v) is 12.4. The molecular weight excluding hydrogens is 255 g/mol. The Balaban J connectivity index is 2.03. The zero-order valence-electron chi connectivity index (χ0n) is 12.4. The molecule has 1 atom stereocenters. The molecule has 112 valence electrons. The lowest BCUT2D eigenvalue weighted by molar-refractivity contribution is 0.213. The molecule has 0 saturated carbocycles. The number of phenolic OH excluding ortho intramolecular Hbond substituents is 1. The lowest BCUT2D eigenvalue weighted by Gasteiger charge is -2.27. The summed E-state index contributed by atoms with van der Waals surface area (Å²) in [6.07, 6.45) is 2.43. The first kappa shape index (κ1) is 15.3. The van der Waals surface area contributed by atoms with Crippen LogP contribution >= 0.6 is 0 Å². The average Bonchev–Trinajstić information content (AvgIpc) is 2.86. The molecule has 1 saturated heterocycles. The van der Waals surface area contributed by atoms with Crippen LogP contribution in [0.2, 0.25) is 0 Å². The fourth-order valence-electron chi connectivity index (χ4n) is 2.87. The van der Waals surface area contributed by atoms with E-state index in [4.69, 9.17) is 0 Å². The van der Waals surface area contributed by atoms with E-state index in [0.717, 1.165) is 19.6 Å². The van der Waals surface area contributed by atoms with Crippen LogP contribution in [0.5, 0.6) is 5.75 Å². The summed E-state index contributed by atoms with van der Waals surface area (Å²) in [6.45, 7) is 7.95. The minimum atomic E-state index is -0.290. The second kappa shape index (κ2) is 7.04. The zero-order chi connectivity index (χ0) is 14.5. The van der Waals surface area contributed by atoms with E-state index in [2.05, 4.69) is 24.1 Å². The Morgan fingerprint density at radius 3 is 2.90 bits per heavy atom. The molecule has 2 N–H and O–H groups in total. The van der Waals surface area contributed by atoms with Gasteiger partial charge in [0.25, 0.3) is 0 Å². The van der Waals surface area contributed by atoms with E-state index in [0.29, 0.717) is 24.1 Å². The van der Waals surface area contributed by atoms with Gasteiger partial charge in [-0.3, -0.25) is 4.90 Å². The van der Waals surface area contributed by atoms with Crippen molar-refractivity contribution in [1.29, 1.82) is 0 Å². The molecule has 1 aromatic carbocycles. The number of halogens is 1. The van der Waals surface area contributed by atoms with Gasteiger partial charge in [-0.15, -0.1) is 0 Å². The highest BCUT2D eigenvalue weighted by Crippen LogP contribution is 2.21. The van der Waals surface area contributed by atoms with E-state index in [1.807, 2.05) is 0 Å². The van der Waals surface area contributed by atoms with Crippen LogP contribution in [-0.2, 0) is 6.54 Å². The lowest BCUT2D eigenvalue weighted by Crippen LogP contribution is -2.39. The average molecular weight is 280 g/mol. The number of phenols is 1. The molecule has 0 spiro atoms. The van der Waals surface area contributed by atoms with Crippen molar-refractivity contribution in [2.24, 2.45) is 5.92 Å². The van der Waals surface area contributed by atoms with Gasteiger partial charge in [0.05, 0.1) is 0 Å². The first-order valence-corrected chi connectivity index (χ1v) is 7.47. The van der Waals surface area contributed by atoms with E-state index in [-0.39, 0.29) is 11.6 Å². The molecule has 1 heterocycles. The second-order valence-electron chi connectivity index (χ2n) is 6.15. The SMILES string of the molecule is CC(C)CN(Cc1cc(F)ccc1O)CC1CCCN1. The molecule has 1 aliphatic rings. The molecule has 20 heavy (non-hydrogen) atoms. The number of aromatic hydroxyl groups is 1. The van der Waals surface area contributed by atoms with Gasteiger partial charge in [0, 0.05) is 31.2 Å². The fraction of sp³-hybridized carbons (Fsp3) is 0.625. The molecule has 0 bridgehead atoms. The van der Waals surface area contributed by atoms with Crippen LogP contribution in [0.4, 0.5) is 4.39 Å². The molecule has 0 aromatic heterocycles. The Morgan fingerprint density at radius 2 is 2.25 bits per heavy atom. The number of rotatable bonds is 6. The Kier molecular flexibility index (Phi) is 5.38. The Labute approximate surface area is 120 Å². The van der Waals surface area contributed by atoms with Crippen molar-refractivity contribution < 1.29 is 9.50 Å². The van der Waals surface area contributed by atoms with E-state index < -0.39 is 0 Å². The molecule has 1 fully saturated rings. The van der Waals surface area contributed by atoms with E-state index in [1.54, 1.807) is 0 Å². The van der Waals surface area contributed by atoms with E-state index in [1.165, 1.54) is 31.0 Å². The van der Waals surface area contributed by atoms with Crippen molar-refractivity contribution in [1.82, 2.24) is 10.2 Å². The maximum atomic E-state index is 13.3. The van der Waals surface area contributed by atoms with Gasteiger partial charge >= 0.3 is 0 Å². The van der Waals surface area contributed by atoms with E-state index in [9.17, 15) is 9.50 Å². The van der Waals surface area contributed by atoms with Crippen molar-refractivity contribution >= 4 is 0 Å². The molecule has 1 aromatic rings. The van der Waals surface area contributed by atoms with Gasteiger partial charge in [0.2, 0.25) is 0 Å². The van der Waals surface area contributed by atoms with Gasteiger partial charge in [-0.25, -0.2) is 4.39 Å². The minimum Gasteiger partial charge on any atom is -0.508 e. The maximum Gasteiger partial charge on any atom is 0.123 e. The van der Waals surface area contributed by atoms with Gasteiger partial charge in [0.15, 0.2) is 0 Å². The van der Waals surface area contributed by atoms with Crippen molar-refractivity contribution in [3.05, 3.63) is 29.6 Å². The largest absolute Gasteiger partial charge is 0.508 e. The van der Waals surface area contributed by atoms with Crippen LogP contribution in [0.25, 0.3) is 0 Å². The Bertz CT molecular complexity index is 430. The molecule has 4 heteroatoms. The second-order valence-corrected chi connectivity index (χ2v) is 6.15. The number of nitrogens with zero attached hydrogens (tertiary/aromatic N) is 1. The molecule has 1 aliphatic heterocycles. The molecule has 0 radical (unpaired) electrons. The lowest BCUT2D eigenvalue weighted by atomic mass is 10.1. The summed E-state index contributed by atoms with van der Waals surface area (Å²) in [4.78, 5) is 2.31. The third kappa shape index (κ3) is 4.46. The Morgan fingerprint density at radius 1 is 1.45 bits per heavy atom. The molecule has 1 unspecified atom stereocenters. The summed E-state index contributed by atoms with van der Waals surface area (Å²) >= 11 is 0. The summed E-state index contributed by atoms with van der Waals surface area (Å²) in [6, 6.07) is 4.69. The smallest absolute Gasteiger partial charge is 0.123 e. The minimum absolute atomic E-state index is 0.180. The third-order valence-electron chi connectivity index (χ3n) is 3.70. The number of hydrogen-bond donors (Lipinski definition) is 2. The predicted octanol–water partition coefficient (Wildman–Crippen LogP) is 2.74. The topological polar surface area (TPSA) is 35.5 Å². The van der Waals surface area contributed by atoms with Crippen LogP contribution in [0.15, 0.2) is 18.2 Å². The molecule has 0 amide bonds. The van der Waals surface area contributed by atoms with Gasteiger partial charge in [-0.05, 0) is 43.5 Å². The van der Waals surface area contributed by atoms with Crippen LogP contribution in [0.1, 0.15) is 32.3 Å². The van der Waals surface area contributed by atoms with Gasteiger partial charge < -0.3 is 10.4 Å². The van der Waals surface area contributed by atoms with Gasteiger partial charge in [-0.1, -0.05) is 13.8 Å². The number of nitrogens with one attached hydrogen (secondary N) is 1. The highest BCUT2D eigenvalue weighted by molar-refractivity contribution is 5.32. The highest BCUT2D eigenvalue weighted by atomic mass is 19.1. The van der Waals surface area contributed by atoms with Crippen molar-refractivity contribution in [2.75, 3.05) is 19.6 Å². The third-order valence-corrected chi connectivity index (χ3v) is 3.70. The molecule has 0 aliphatic carbocycles.